The van der Waals surface area contributed by atoms with Crippen LogP contribution in [0.25, 0.3) is 0 Å². The Kier molecular flexibility index (Phi) is 7.39. The number of piperidine rings is 1. The maximum atomic E-state index is 13.2. The molecule has 0 aromatic rings. The first-order valence-corrected chi connectivity index (χ1v) is 11.3. The van der Waals surface area contributed by atoms with Crippen LogP contribution in [0.2, 0.25) is 0 Å². The van der Waals surface area contributed by atoms with E-state index in [-0.39, 0.29) is 11.8 Å². The molecule has 2 aliphatic carbocycles. The molecule has 2 amide bonds. The van der Waals surface area contributed by atoms with Crippen molar-refractivity contribution in [1.29, 1.82) is 0 Å². The first-order chi connectivity index (χ1) is 12.7. The van der Waals surface area contributed by atoms with Crippen molar-refractivity contribution in [3.8, 4) is 0 Å². The zero-order valence-corrected chi connectivity index (χ0v) is 16.8. The van der Waals surface area contributed by atoms with Crippen molar-refractivity contribution in [2.24, 2.45) is 11.8 Å². The summed E-state index contributed by atoms with van der Waals surface area (Å²) in [6, 6.07) is 0.470. The van der Waals surface area contributed by atoms with Crippen molar-refractivity contribution in [2.45, 2.75) is 96.4 Å². The molecule has 26 heavy (non-hydrogen) atoms. The Balaban J connectivity index is 1.52. The third kappa shape index (κ3) is 4.80. The summed E-state index contributed by atoms with van der Waals surface area (Å²) in [5.41, 5.74) is 0. The molecule has 0 spiro atoms. The summed E-state index contributed by atoms with van der Waals surface area (Å²) in [4.78, 5) is 30.2. The molecular formula is C22H38N2O2. The van der Waals surface area contributed by atoms with Crippen LogP contribution in [0.1, 0.15) is 90.4 Å². The van der Waals surface area contributed by atoms with Crippen molar-refractivity contribution >= 4 is 11.8 Å². The molecule has 0 atom stereocenters. The fourth-order valence-corrected chi connectivity index (χ4v) is 5.30. The second kappa shape index (κ2) is 9.75. The third-order valence-corrected chi connectivity index (χ3v) is 6.87. The molecule has 1 heterocycles. The van der Waals surface area contributed by atoms with Gasteiger partial charge in [0.05, 0.1) is 0 Å². The van der Waals surface area contributed by atoms with Gasteiger partial charge in [-0.05, 0) is 44.9 Å². The van der Waals surface area contributed by atoms with E-state index in [1.165, 1.54) is 51.4 Å². The molecule has 3 rings (SSSR count). The van der Waals surface area contributed by atoms with Crippen molar-refractivity contribution in [3.63, 3.8) is 0 Å². The Morgan fingerprint density at radius 1 is 0.808 bits per heavy atom. The van der Waals surface area contributed by atoms with E-state index in [1.54, 1.807) is 0 Å². The van der Waals surface area contributed by atoms with Crippen LogP contribution >= 0.6 is 0 Å². The minimum absolute atomic E-state index is 0.138. The molecule has 0 unspecified atom stereocenters. The second-order valence-corrected chi connectivity index (χ2v) is 8.76. The van der Waals surface area contributed by atoms with E-state index < -0.39 is 0 Å². The molecule has 0 aromatic carbocycles. The number of carbonyl (C=O) groups excluding carboxylic acids is 2. The number of amides is 2. The van der Waals surface area contributed by atoms with E-state index in [0.29, 0.717) is 17.9 Å². The minimum atomic E-state index is 0.138. The molecule has 4 nitrogen and oxygen atoms in total. The molecular weight excluding hydrogens is 324 g/mol. The summed E-state index contributed by atoms with van der Waals surface area (Å²) in [7, 11) is 0. The van der Waals surface area contributed by atoms with Crippen LogP contribution in [0.4, 0.5) is 0 Å². The fourth-order valence-electron chi connectivity index (χ4n) is 5.30. The van der Waals surface area contributed by atoms with Crippen molar-refractivity contribution < 1.29 is 9.59 Å². The lowest BCUT2D eigenvalue weighted by Gasteiger charge is -2.39. The molecule has 3 aliphatic rings. The average molecular weight is 363 g/mol. The highest BCUT2D eigenvalue weighted by molar-refractivity contribution is 5.81. The van der Waals surface area contributed by atoms with Gasteiger partial charge in [0.1, 0.15) is 0 Å². The number of likely N-dealkylation sites (tertiary alicyclic amines) is 1. The highest BCUT2D eigenvalue weighted by Gasteiger charge is 2.34. The van der Waals surface area contributed by atoms with Gasteiger partial charge in [0, 0.05) is 37.5 Å². The van der Waals surface area contributed by atoms with E-state index in [4.69, 9.17) is 0 Å². The highest BCUT2D eigenvalue weighted by atomic mass is 16.2. The molecule has 0 bridgehead atoms. The molecule has 1 saturated heterocycles. The Morgan fingerprint density at radius 3 is 1.96 bits per heavy atom. The van der Waals surface area contributed by atoms with Crippen LogP contribution in [0.15, 0.2) is 0 Å². The van der Waals surface area contributed by atoms with Gasteiger partial charge in [0.25, 0.3) is 0 Å². The zero-order chi connectivity index (χ0) is 18.4. The fraction of sp³-hybridized carbons (Fsp3) is 0.909. The maximum absolute atomic E-state index is 13.2. The molecule has 3 fully saturated rings. The monoisotopic (exact) mass is 362 g/mol. The Labute approximate surface area is 159 Å². The molecule has 2 saturated carbocycles. The summed E-state index contributed by atoms with van der Waals surface area (Å²) in [5.74, 6) is 1.14. The molecule has 1 aliphatic heterocycles. The van der Waals surface area contributed by atoms with Gasteiger partial charge in [-0.15, -0.1) is 0 Å². The standard InChI is InChI=1S/C22H38N2O2/c1-2-15-24(20-11-7-4-8-12-20)22(26)19-13-16-23(17-14-19)21(25)18-9-5-3-6-10-18/h18-20H,2-17H2,1H3. The smallest absolute Gasteiger partial charge is 0.226 e. The van der Waals surface area contributed by atoms with Gasteiger partial charge in [0.15, 0.2) is 0 Å². The second-order valence-electron chi connectivity index (χ2n) is 8.76. The Morgan fingerprint density at radius 2 is 1.38 bits per heavy atom. The van der Waals surface area contributed by atoms with Crippen molar-refractivity contribution in [3.05, 3.63) is 0 Å². The van der Waals surface area contributed by atoms with Crippen LogP contribution in [0.5, 0.6) is 0 Å². The van der Waals surface area contributed by atoms with E-state index in [1.807, 2.05) is 0 Å². The van der Waals surface area contributed by atoms with Gasteiger partial charge < -0.3 is 9.80 Å². The van der Waals surface area contributed by atoms with Gasteiger partial charge >= 0.3 is 0 Å². The lowest BCUT2D eigenvalue weighted by atomic mass is 9.86. The van der Waals surface area contributed by atoms with Crippen LogP contribution in [-0.2, 0) is 9.59 Å². The lowest BCUT2D eigenvalue weighted by molar-refractivity contribution is -0.145. The van der Waals surface area contributed by atoms with Crippen LogP contribution in [0, 0.1) is 11.8 Å². The van der Waals surface area contributed by atoms with Crippen molar-refractivity contribution in [1.82, 2.24) is 9.80 Å². The van der Waals surface area contributed by atoms with E-state index in [2.05, 4.69) is 16.7 Å². The summed E-state index contributed by atoms with van der Waals surface area (Å²) in [6.45, 7) is 4.66. The summed E-state index contributed by atoms with van der Waals surface area (Å²) in [6.07, 6.45) is 14.9. The summed E-state index contributed by atoms with van der Waals surface area (Å²) in [5, 5.41) is 0. The van der Waals surface area contributed by atoms with Crippen LogP contribution < -0.4 is 0 Å². The van der Waals surface area contributed by atoms with E-state index >= 15 is 0 Å². The van der Waals surface area contributed by atoms with Crippen LogP contribution in [-0.4, -0.2) is 47.3 Å². The normalized spacial score (nSPS) is 23.8. The third-order valence-electron chi connectivity index (χ3n) is 6.87. The largest absolute Gasteiger partial charge is 0.342 e. The number of nitrogens with zero attached hydrogens (tertiary/aromatic N) is 2. The molecule has 148 valence electrons. The van der Waals surface area contributed by atoms with Gasteiger partial charge in [-0.25, -0.2) is 0 Å². The number of hydrogen-bond acceptors (Lipinski definition) is 2. The number of rotatable bonds is 5. The van der Waals surface area contributed by atoms with E-state index in [0.717, 1.165) is 51.7 Å². The topological polar surface area (TPSA) is 40.6 Å². The van der Waals surface area contributed by atoms with Crippen molar-refractivity contribution in [2.75, 3.05) is 19.6 Å². The first kappa shape index (κ1) is 19.7. The predicted octanol–water partition coefficient (Wildman–Crippen LogP) is 4.38. The zero-order valence-electron chi connectivity index (χ0n) is 16.8. The maximum Gasteiger partial charge on any atom is 0.226 e. The minimum Gasteiger partial charge on any atom is -0.342 e. The summed E-state index contributed by atoms with van der Waals surface area (Å²) < 4.78 is 0. The van der Waals surface area contributed by atoms with Gasteiger partial charge in [-0.1, -0.05) is 45.4 Å². The lowest BCUT2D eigenvalue weighted by Crippen LogP contribution is -2.49. The highest BCUT2D eigenvalue weighted by Crippen LogP contribution is 2.30. The molecule has 0 N–H and O–H groups in total. The predicted molar refractivity (Wildman–Crippen MR) is 105 cm³/mol. The average Bonchev–Trinajstić information content (AvgIpc) is 2.72. The van der Waals surface area contributed by atoms with Crippen LogP contribution in [0.3, 0.4) is 0 Å². The van der Waals surface area contributed by atoms with Gasteiger partial charge in [-0.2, -0.15) is 0 Å². The number of carbonyl (C=O) groups is 2. The van der Waals surface area contributed by atoms with Gasteiger partial charge in [0.2, 0.25) is 11.8 Å². The Bertz CT molecular complexity index is 459. The summed E-state index contributed by atoms with van der Waals surface area (Å²) >= 11 is 0. The Hall–Kier alpha value is -1.06. The number of hydrogen-bond donors (Lipinski definition) is 0. The van der Waals surface area contributed by atoms with Gasteiger partial charge in [-0.3, -0.25) is 9.59 Å². The molecule has 4 heteroatoms. The quantitative estimate of drug-likeness (QED) is 0.728. The van der Waals surface area contributed by atoms with E-state index in [9.17, 15) is 9.59 Å². The first-order valence-electron chi connectivity index (χ1n) is 11.3. The SMILES string of the molecule is CCCN(C(=O)C1CCN(C(=O)C2CCCCC2)CC1)C1CCCCC1. The molecule has 0 radical (unpaired) electrons. The molecule has 0 aromatic heterocycles.